The first kappa shape index (κ1) is 32.4. The molecule has 0 aliphatic carbocycles. The number of nitrogens with zero attached hydrogens (tertiary/aromatic N) is 6. The number of benzene rings is 5. The van der Waals surface area contributed by atoms with Crippen molar-refractivity contribution in [3.8, 4) is 34.4 Å². The Hall–Kier alpha value is -5.95. The highest BCUT2D eigenvalue weighted by Crippen LogP contribution is 2.31. The van der Waals surface area contributed by atoms with E-state index in [4.69, 9.17) is 11.6 Å². The summed E-state index contributed by atoms with van der Waals surface area (Å²) in [7, 11) is 1.91. The van der Waals surface area contributed by atoms with Crippen LogP contribution in [0.1, 0.15) is 27.8 Å². The molecule has 230 valence electrons. The van der Waals surface area contributed by atoms with Crippen LogP contribution < -0.4 is 0 Å². The van der Waals surface area contributed by atoms with E-state index in [0.717, 1.165) is 49.7 Å². The lowest BCUT2D eigenvalue weighted by Crippen LogP contribution is -2.23. The second-order valence-electron chi connectivity index (χ2n) is 11.1. The maximum absolute atomic E-state index is 10.5. The van der Waals surface area contributed by atoms with Gasteiger partial charge in [-0.2, -0.15) is 10.5 Å². The molecule has 0 atom stereocenters. The minimum absolute atomic E-state index is 0.366. The van der Waals surface area contributed by atoms with E-state index in [2.05, 4.69) is 77.7 Å². The zero-order chi connectivity index (χ0) is 33.2. The van der Waals surface area contributed by atoms with E-state index in [1.54, 1.807) is 12.7 Å². The molecule has 0 amide bonds. The Morgan fingerprint density at radius 1 is 0.660 bits per heavy atom. The van der Waals surface area contributed by atoms with Crippen molar-refractivity contribution in [2.75, 3.05) is 7.05 Å². The van der Waals surface area contributed by atoms with Gasteiger partial charge in [0.15, 0.2) is 0 Å². The van der Waals surface area contributed by atoms with Gasteiger partial charge < -0.3 is 9.80 Å². The quantitative estimate of drug-likeness (QED) is 0.101. The number of rotatable bonds is 12. The van der Waals surface area contributed by atoms with Crippen molar-refractivity contribution in [1.82, 2.24) is 9.80 Å². The third kappa shape index (κ3) is 8.02. The molecular formula is C40H33ClN6. The fraction of sp³-hybridized carbons (Fsp3) is 0.100. The van der Waals surface area contributed by atoms with Gasteiger partial charge in [0.1, 0.15) is 0 Å². The summed E-state index contributed by atoms with van der Waals surface area (Å²) in [5, 5.41) is 23.4. The molecule has 0 unspecified atom stereocenters. The van der Waals surface area contributed by atoms with Crippen LogP contribution in [0.25, 0.3) is 33.0 Å². The number of hydrogen-bond donors (Lipinski definition) is 0. The van der Waals surface area contributed by atoms with Gasteiger partial charge in [0.25, 0.3) is 0 Å². The third-order valence-corrected chi connectivity index (χ3v) is 7.99. The van der Waals surface area contributed by atoms with Crippen LogP contribution in [0.2, 0.25) is 5.02 Å². The van der Waals surface area contributed by atoms with Gasteiger partial charge in [0, 0.05) is 44.1 Å². The zero-order valence-corrected chi connectivity index (χ0v) is 26.9. The van der Waals surface area contributed by atoms with Crippen LogP contribution in [0.4, 0.5) is 0 Å². The van der Waals surface area contributed by atoms with E-state index in [1.807, 2.05) is 71.4 Å². The summed E-state index contributed by atoms with van der Waals surface area (Å²) in [6, 6.07) is 37.0. The first-order valence-electron chi connectivity index (χ1n) is 15.0. The van der Waals surface area contributed by atoms with E-state index in [-0.39, 0.29) is 0 Å². The van der Waals surface area contributed by atoms with Gasteiger partial charge in [-0.15, -0.1) is 0 Å². The minimum atomic E-state index is 0.366. The van der Waals surface area contributed by atoms with Gasteiger partial charge >= 0.3 is 0 Å². The lowest BCUT2D eigenvalue weighted by Gasteiger charge is -2.24. The molecule has 0 aromatic heterocycles. The molecule has 5 rings (SSSR count). The Kier molecular flexibility index (Phi) is 10.6. The van der Waals surface area contributed by atoms with Crippen LogP contribution in [0.5, 0.6) is 0 Å². The number of nitriles is 2. The topological polar surface area (TPSA) is 78.8 Å². The zero-order valence-electron chi connectivity index (χ0n) is 26.1. The number of hydrogen-bond acceptors (Lipinski definition) is 4. The van der Waals surface area contributed by atoms with Crippen LogP contribution in [0.15, 0.2) is 133 Å². The van der Waals surface area contributed by atoms with Crippen LogP contribution >= 0.6 is 11.6 Å². The van der Waals surface area contributed by atoms with Gasteiger partial charge in [-0.3, -0.25) is 0 Å². The molecule has 6 nitrogen and oxygen atoms in total. The summed E-state index contributed by atoms with van der Waals surface area (Å²) in [4.78, 5) is 12.4. The number of aliphatic imine (C=N–C) groups is 2. The molecule has 0 saturated carbocycles. The normalized spacial score (nSPS) is 11.0. The molecule has 0 bridgehead atoms. The first-order valence-corrected chi connectivity index (χ1v) is 15.4. The summed E-state index contributed by atoms with van der Waals surface area (Å²) in [5.74, 6) is 0. The maximum Gasteiger partial charge on any atom is 0.0998 e. The average Bonchev–Trinajstić information content (AvgIpc) is 3.09. The molecular weight excluding hydrogens is 600 g/mol. The molecule has 0 N–H and O–H groups in total. The molecule has 0 radical (unpaired) electrons. The largest absolute Gasteiger partial charge is 0.361 e. The van der Waals surface area contributed by atoms with E-state index in [9.17, 15) is 10.5 Å². The Labute approximate surface area is 281 Å². The molecule has 0 aliphatic heterocycles. The van der Waals surface area contributed by atoms with Crippen molar-refractivity contribution >= 4 is 35.1 Å². The molecule has 0 saturated heterocycles. The molecule has 47 heavy (non-hydrogen) atoms. The first-order chi connectivity index (χ1) is 22.9. The van der Waals surface area contributed by atoms with Crippen molar-refractivity contribution in [2.24, 2.45) is 9.98 Å². The lowest BCUT2D eigenvalue weighted by atomic mass is 9.93. The Bertz CT molecular complexity index is 2080. The summed E-state index contributed by atoms with van der Waals surface area (Å²) in [6.07, 6.45) is 6.34. The van der Waals surface area contributed by atoms with Crippen molar-refractivity contribution in [3.63, 3.8) is 0 Å². The average molecular weight is 633 g/mol. The molecule has 7 heteroatoms. The van der Waals surface area contributed by atoms with Gasteiger partial charge in [-0.25, -0.2) is 9.98 Å². The van der Waals surface area contributed by atoms with Gasteiger partial charge in [-0.05, 0) is 92.2 Å². The predicted molar refractivity (Wildman–Crippen MR) is 194 cm³/mol. The Balaban J connectivity index is 1.59. The molecule has 5 aromatic carbocycles. The van der Waals surface area contributed by atoms with E-state index < -0.39 is 0 Å². The number of fused-ring (bicyclic) bond motifs is 1. The van der Waals surface area contributed by atoms with Crippen molar-refractivity contribution in [3.05, 3.63) is 155 Å². The second-order valence-corrected chi connectivity index (χ2v) is 11.5. The van der Waals surface area contributed by atoms with Gasteiger partial charge in [-0.1, -0.05) is 79.4 Å². The van der Waals surface area contributed by atoms with Crippen molar-refractivity contribution < 1.29 is 0 Å². The molecule has 0 spiro atoms. The summed E-state index contributed by atoms with van der Waals surface area (Å²) >= 11 is 6.28. The fourth-order valence-corrected chi connectivity index (χ4v) is 5.75. The second kappa shape index (κ2) is 15.4. The van der Waals surface area contributed by atoms with Crippen LogP contribution in [0.3, 0.4) is 0 Å². The predicted octanol–water partition coefficient (Wildman–Crippen LogP) is 9.35. The van der Waals surface area contributed by atoms with Crippen molar-refractivity contribution in [2.45, 2.75) is 19.6 Å². The Morgan fingerprint density at radius 2 is 1.30 bits per heavy atom. The van der Waals surface area contributed by atoms with Gasteiger partial charge in [0.05, 0.1) is 35.9 Å². The molecule has 5 aromatic rings. The van der Waals surface area contributed by atoms with Crippen LogP contribution in [0, 0.1) is 22.7 Å². The minimum Gasteiger partial charge on any atom is -0.361 e. The molecule has 0 fully saturated rings. The highest BCUT2D eigenvalue weighted by molar-refractivity contribution is 6.30. The van der Waals surface area contributed by atoms with Crippen molar-refractivity contribution in [1.29, 1.82) is 10.5 Å². The van der Waals surface area contributed by atoms with Crippen LogP contribution in [-0.2, 0) is 19.6 Å². The monoisotopic (exact) mass is 632 g/mol. The standard InChI is InChI=1S/C40H33ClN6/c1-4-44-27-46(3)24-37-19-35(33-14-13-29-9-6-7-10-30(29)17-33)20-38(40(37)23-43)26-47(28-45-5-2)25-36-18-32(15-16-34(36)22-42)31-11-8-12-39(41)21-31/h4-21,27-28H,1-2,24-26H2,3H3. The van der Waals surface area contributed by atoms with E-state index >= 15 is 0 Å². The molecule has 0 aliphatic rings. The number of halogens is 1. The lowest BCUT2D eigenvalue weighted by molar-refractivity contribution is 0.418. The van der Waals surface area contributed by atoms with E-state index in [1.165, 1.54) is 12.4 Å². The highest BCUT2D eigenvalue weighted by Gasteiger charge is 2.17. The SMILES string of the molecule is C=CN=CN(C)Cc1cc(-c2ccc3ccccc3c2)cc(CN(C=NC=C)Cc2cc(-c3cccc(Cl)c3)ccc2C#N)c1C#N. The van der Waals surface area contributed by atoms with Gasteiger partial charge in [0.2, 0.25) is 0 Å². The third-order valence-electron chi connectivity index (χ3n) is 7.75. The summed E-state index contributed by atoms with van der Waals surface area (Å²) in [6.45, 7) is 8.64. The summed E-state index contributed by atoms with van der Waals surface area (Å²) < 4.78 is 0. The van der Waals surface area contributed by atoms with Crippen LogP contribution in [-0.4, -0.2) is 29.5 Å². The fourth-order valence-electron chi connectivity index (χ4n) is 5.56. The maximum atomic E-state index is 10.5. The molecule has 0 heterocycles. The Morgan fingerprint density at radius 3 is 2.02 bits per heavy atom. The smallest absolute Gasteiger partial charge is 0.0998 e. The summed E-state index contributed by atoms with van der Waals surface area (Å²) in [5.41, 5.74) is 7.61. The van der Waals surface area contributed by atoms with E-state index in [0.29, 0.717) is 35.8 Å². The highest BCUT2D eigenvalue weighted by atomic mass is 35.5.